The summed E-state index contributed by atoms with van der Waals surface area (Å²) < 4.78 is 0. The SMILES string of the molecule is CCCN(CCC)C(=O)c1cccc(C(=O)N[C@@H](CC(C)C)[C@@H](N)C[C@@H](C)C(N)=O)c1. The summed E-state index contributed by atoms with van der Waals surface area (Å²) in [5.74, 6) is -0.806. The minimum atomic E-state index is -0.403. The fourth-order valence-electron chi connectivity index (χ4n) is 3.62. The number of hydrogen-bond acceptors (Lipinski definition) is 4. The van der Waals surface area contributed by atoms with Gasteiger partial charge in [-0.05, 0) is 49.8 Å². The number of primary amides is 1. The summed E-state index contributed by atoms with van der Waals surface area (Å²) in [7, 11) is 0. The number of carbonyl (C=O) groups is 3. The van der Waals surface area contributed by atoms with Crippen LogP contribution < -0.4 is 16.8 Å². The Labute approximate surface area is 186 Å². The zero-order valence-electron chi connectivity index (χ0n) is 19.7. The van der Waals surface area contributed by atoms with E-state index in [1.807, 2.05) is 18.7 Å². The molecule has 0 bridgehead atoms. The van der Waals surface area contributed by atoms with Gasteiger partial charge in [-0.2, -0.15) is 0 Å². The molecule has 1 aromatic carbocycles. The van der Waals surface area contributed by atoms with E-state index in [9.17, 15) is 14.4 Å². The third-order valence-electron chi connectivity index (χ3n) is 5.32. The van der Waals surface area contributed by atoms with Gasteiger partial charge in [-0.25, -0.2) is 0 Å². The Morgan fingerprint density at radius 2 is 1.58 bits per heavy atom. The van der Waals surface area contributed by atoms with Gasteiger partial charge in [0, 0.05) is 42.2 Å². The van der Waals surface area contributed by atoms with Crippen LogP contribution in [0.15, 0.2) is 24.3 Å². The molecule has 1 aromatic rings. The predicted molar refractivity (Wildman–Crippen MR) is 125 cm³/mol. The maximum absolute atomic E-state index is 13.0. The van der Waals surface area contributed by atoms with Crippen LogP contribution in [0.1, 0.15) is 81.0 Å². The van der Waals surface area contributed by atoms with Crippen molar-refractivity contribution in [3.63, 3.8) is 0 Å². The summed E-state index contributed by atoms with van der Waals surface area (Å²) in [5, 5.41) is 3.01. The third kappa shape index (κ3) is 8.69. The van der Waals surface area contributed by atoms with Gasteiger partial charge >= 0.3 is 0 Å². The van der Waals surface area contributed by atoms with Crippen LogP contribution >= 0.6 is 0 Å². The van der Waals surface area contributed by atoms with Gasteiger partial charge in [0.2, 0.25) is 5.91 Å². The number of carbonyl (C=O) groups excluding carboxylic acids is 3. The van der Waals surface area contributed by atoms with E-state index in [-0.39, 0.29) is 23.8 Å². The lowest BCUT2D eigenvalue weighted by atomic mass is 9.91. The molecule has 0 spiro atoms. The second kappa shape index (κ2) is 13.1. The van der Waals surface area contributed by atoms with Gasteiger partial charge < -0.3 is 21.7 Å². The molecule has 0 fully saturated rings. The number of rotatable bonds is 13. The smallest absolute Gasteiger partial charge is 0.253 e. The molecule has 0 aliphatic rings. The van der Waals surface area contributed by atoms with E-state index >= 15 is 0 Å². The first kappa shape index (κ1) is 26.6. The summed E-state index contributed by atoms with van der Waals surface area (Å²) in [5.41, 5.74) is 12.6. The molecule has 0 saturated heterocycles. The Bertz CT molecular complexity index is 729. The molecule has 0 radical (unpaired) electrons. The summed E-state index contributed by atoms with van der Waals surface area (Å²) in [6, 6.07) is 6.10. The molecule has 7 nitrogen and oxygen atoms in total. The van der Waals surface area contributed by atoms with E-state index in [2.05, 4.69) is 19.2 Å². The first-order chi connectivity index (χ1) is 14.6. The van der Waals surface area contributed by atoms with Crippen molar-refractivity contribution < 1.29 is 14.4 Å². The number of nitrogens with one attached hydrogen (secondary N) is 1. The molecule has 0 heterocycles. The molecular weight excluding hydrogens is 392 g/mol. The number of nitrogens with zero attached hydrogens (tertiary/aromatic N) is 1. The lowest BCUT2D eigenvalue weighted by Gasteiger charge is -2.28. The van der Waals surface area contributed by atoms with Gasteiger partial charge in [0.25, 0.3) is 11.8 Å². The minimum absolute atomic E-state index is 0.0657. The summed E-state index contributed by atoms with van der Waals surface area (Å²) in [6.45, 7) is 11.3. The van der Waals surface area contributed by atoms with Crippen molar-refractivity contribution in [3.8, 4) is 0 Å². The molecule has 31 heavy (non-hydrogen) atoms. The van der Waals surface area contributed by atoms with Gasteiger partial charge in [-0.15, -0.1) is 0 Å². The topological polar surface area (TPSA) is 119 Å². The summed E-state index contributed by atoms with van der Waals surface area (Å²) in [4.78, 5) is 39.1. The van der Waals surface area contributed by atoms with E-state index in [1.165, 1.54) is 0 Å². The third-order valence-corrected chi connectivity index (χ3v) is 5.32. The van der Waals surface area contributed by atoms with Crippen molar-refractivity contribution in [3.05, 3.63) is 35.4 Å². The van der Waals surface area contributed by atoms with Crippen molar-refractivity contribution in [2.45, 2.75) is 72.4 Å². The second-order valence-corrected chi connectivity index (χ2v) is 8.79. The fraction of sp³-hybridized carbons (Fsp3) is 0.625. The highest BCUT2D eigenvalue weighted by atomic mass is 16.2. The van der Waals surface area contributed by atoms with Crippen LogP contribution in [0.4, 0.5) is 0 Å². The molecule has 0 unspecified atom stereocenters. The highest BCUT2D eigenvalue weighted by molar-refractivity contribution is 5.99. The number of benzene rings is 1. The maximum atomic E-state index is 13.0. The van der Waals surface area contributed by atoms with Crippen LogP contribution in [0.5, 0.6) is 0 Å². The lowest BCUT2D eigenvalue weighted by molar-refractivity contribution is -0.121. The minimum Gasteiger partial charge on any atom is -0.369 e. The quantitative estimate of drug-likeness (QED) is 0.444. The normalized spacial score (nSPS) is 14.0. The molecule has 1 rings (SSSR count). The molecule has 0 aliphatic heterocycles. The van der Waals surface area contributed by atoms with Crippen LogP contribution in [0, 0.1) is 11.8 Å². The van der Waals surface area contributed by atoms with Crippen LogP contribution in [0.2, 0.25) is 0 Å². The summed E-state index contributed by atoms with van der Waals surface area (Å²) >= 11 is 0. The first-order valence-corrected chi connectivity index (χ1v) is 11.4. The fourth-order valence-corrected chi connectivity index (χ4v) is 3.62. The van der Waals surface area contributed by atoms with Crippen molar-refractivity contribution in [1.82, 2.24) is 10.2 Å². The van der Waals surface area contributed by atoms with Crippen LogP contribution in [-0.4, -0.2) is 47.8 Å². The zero-order valence-corrected chi connectivity index (χ0v) is 19.7. The summed E-state index contributed by atoms with van der Waals surface area (Å²) in [6.07, 6.45) is 2.83. The van der Waals surface area contributed by atoms with Crippen LogP contribution in [-0.2, 0) is 4.79 Å². The van der Waals surface area contributed by atoms with Crippen molar-refractivity contribution in [1.29, 1.82) is 0 Å². The predicted octanol–water partition coefficient (Wildman–Crippen LogP) is 2.93. The van der Waals surface area contributed by atoms with Gasteiger partial charge in [0.05, 0.1) is 0 Å². The van der Waals surface area contributed by atoms with Gasteiger partial charge in [-0.1, -0.05) is 40.7 Å². The molecule has 0 aliphatic carbocycles. The molecular formula is C24H40N4O3. The number of hydrogen-bond donors (Lipinski definition) is 3. The molecule has 5 N–H and O–H groups in total. The van der Waals surface area contributed by atoms with E-state index in [4.69, 9.17) is 11.5 Å². The molecule has 3 atom stereocenters. The second-order valence-electron chi connectivity index (χ2n) is 8.79. The Morgan fingerprint density at radius 3 is 2.10 bits per heavy atom. The number of amides is 3. The van der Waals surface area contributed by atoms with E-state index in [0.717, 1.165) is 12.8 Å². The zero-order chi connectivity index (χ0) is 23.6. The van der Waals surface area contributed by atoms with Crippen molar-refractivity contribution in [2.24, 2.45) is 23.3 Å². The molecule has 7 heteroatoms. The number of nitrogens with two attached hydrogens (primary N) is 2. The Kier molecular flexibility index (Phi) is 11.3. The monoisotopic (exact) mass is 432 g/mol. The highest BCUT2D eigenvalue weighted by Gasteiger charge is 2.25. The standard InChI is InChI=1S/C24H40N4O3/c1-6-11-28(12-7-2)24(31)19-10-8-9-18(15-19)23(30)27-21(13-16(3)4)20(25)14-17(5)22(26)29/h8-10,15-17,20-21H,6-7,11-14,25H2,1-5H3,(H2,26,29)(H,27,30)/t17-,20+,21+/m1/s1. The largest absolute Gasteiger partial charge is 0.369 e. The molecule has 3 amide bonds. The average Bonchev–Trinajstić information content (AvgIpc) is 2.72. The molecule has 0 aromatic heterocycles. The van der Waals surface area contributed by atoms with E-state index in [1.54, 1.807) is 31.2 Å². The van der Waals surface area contributed by atoms with E-state index < -0.39 is 11.9 Å². The van der Waals surface area contributed by atoms with Crippen molar-refractivity contribution in [2.75, 3.05) is 13.1 Å². The Balaban J connectivity index is 3.00. The molecule has 174 valence electrons. The lowest BCUT2D eigenvalue weighted by Crippen LogP contribution is -2.49. The average molecular weight is 433 g/mol. The first-order valence-electron chi connectivity index (χ1n) is 11.4. The van der Waals surface area contributed by atoms with E-state index in [0.29, 0.717) is 43.0 Å². The van der Waals surface area contributed by atoms with Gasteiger partial charge in [-0.3, -0.25) is 14.4 Å². The Hall–Kier alpha value is -2.41. The van der Waals surface area contributed by atoms with Gasteiger partial charge in [0.1, 0.15) is 0 Å². The van der Waals surface area contributed by atoms with Crippen LogP contribution in [0.3, 0.4) is 0 Å². The Morgan fingerprint density at radius 1 is 1.00 bits per heavy atom. The van der Waals surface area contributed by atoms with Crippen LogP contribution in [0.25, 0.3) is 0 Å². The maximum Gasteiger partial charge on any atom is 0.253 e. The van der Waals surface area contributed by atoms with Crippen molar-refractivity contribution >= 4 is 17.7 Å². The van der Waals surface area contributed by atoms with Gasteiger partial charge in [0.15, 0.2) is 0 Å². The highest BCUT2D eigenvalue weighted by Crippen LogP contribution is 2.16. The molecule has 0 saturated carbocycles.